The number of hydrogen-bond donors (Lipinski definition) is 1. The van der Waals surface area contributed by atoms with Crippen molar-refractivity contribution < 1.29 is 14.6 Å². The monoisotopic (exact) mass is 183 g/mol. The van der Waals surface area contributed by atoms with E-state index in [2.05, 4.69) is 15.2 Å². The van der Waals surface area contributed by atoms with Gasteiger partial charge in [-0.1, -0.05) is 5.10 Å². The molecule has 6 heteroatoms. The Balaban J connectivity index is 2.85. The molecule has 0 spiro atoms. The molecule has 0 aromatic carbocycles. The molecule has 1 N–H and O–H groups in total. The van der Waals surface area contributed by atoms with E-state index in [1.165, 1.54) is 0 Å². The zero-order valence-corrected chi connectivity index (χ0v) is 7.26. The first-order valence-electron chi connectivity index (χ1n) is 3.69. The highest BCUT2D eigenvalue weighted by Crippen LogP contribution is 2.03. The number of aromatic nitrogens is 3. The molecule has 1 heterocycles. The van der Waals surface area contributed by atoms with Crippen molar-refractivity contribution in [2.45, 2.75) is 20.0 Å². The third kappa shape index (κ3) is 2.66. The molecule has 0 fully saturated rings. The summed E-state index contributed by atoms with van der Waals surface area (Å²) in [6, 6.07) is -0.0186. The Morgan fingerprint density at radius 3 is 2.85 bits per heavy atom. The fourth-order valence-corrected chi connectivity index (χ4v) is 0.651. The van der Waals surface area contributed by atoms with Gasteiger partial charge in [0.25, 0.3) is 0 Å². The standard InChI is InChI=1S/C7H9N3O3/c1-4(2)13-7-9-5(6(11)12)3-8-10-7/h3-4H,1-2H3,(H,11,12). The van der Waals surface area contributed by atoms with Gasteiger partial charge in [-0.05, 0) is 13.8 Å². The number of rotatable bonds is 3. The van der Waals surface area contributed by atoms with Gasteiger partial charge in [0.05, 0.1) is 12.3 Å². The van der Waals surface area contributed by atoms with E-state index in [1.807, 2.05) is 0 Å². The maximum absolute atomic E-state index is 10.5. The van der Waals surface area contributed by atoms with Crippen molar-refractivity contribution in [1.29, 1.82) is 0 Å². The molecule has 0 saturated heterocycles. The lowest BCUT2D eigenvalue weighted by atomic mass is 10.5. The first-order valence-corrected chi connectivity index (χ1v) is 3.69. The Hall–Kier alpha value is -1.72. The largest absolute Gasteiger partial charge is 0.476 e. The average molecular weight is 183 g/mol. The van der Waals surface area contributed by atoms with Crippen molar-refractivity contribution in [2.75, 3.05) is 0 Å². The highest BCUT2D eigenvalue weighted by Gasteiger charge is 2.08. The summed E-state index contributed by atoms with van der Waals surface area (Å²) in [5.41, 5.74) is -0.175. The van der Waals surface area contributed by atoms with E-state index >= 15 is 0 Å². The van der Waals surface area contributed by atoms with E-state index in [9.17, 15) is 4.79 Å². The zero-order valence-electron chi connectivity index (χ0n) is 7.26. The first-order chi connectivity index (χ1) is 6.09. The topological polar surface area (TPSA) is 85.2 Å². The van der Waals surface area contributed by atoms with Crippen LogP contribution in [-0.2, 0) is 0 Å². The van der Waals surface area contributed by atoms with E-state index in [0.717, 1.165) is 6.20 Å². The maximum Gasteiger partial charge on any atom is 0.356 e. The molecule has 0 aliphatic rings. The second kappa shape index (κ2) is 3.79. The fourth-order valence-electron chi connectivity index (χ4n) is 0.651. The van der Waals surface area contributed by atoms with Crippen LogP contribution < -0.4 is 4.74 Å². The van der Waals surface area contributed by atoms with Gasteiger partial charge in [-0.3, -0.25) is 0 Å². The molecule has 0 saturated carbocycles. The van der Waals surface area contributed by atoms with Crippen molar-refractivity contribution in [1.82, 2.24) is 15.2 Å². The Bertz CT molecular complexity index is 314. The van der Waals surface area contributed by atoms with Gasteiger partial charge in [-0.15, -0.1) is 0 Å². The average Bonchev–Trinajstić information content (AvgIpc) is 2.03. The molecule has 0 aliphatic carbocycles. The summed E-state index contributed by atoms with van der Waals surface area (Å²) in [7, 11) is 0. The molecule has 0 radical (unpaired) electrons. The van der Waals surface area contributed by atoms with Crippen LogP contribution in [0.4, 0.5) is 0 Å². The zero-order chi connectivity index (χ0) is 9.84. The molecule has 6 nitrogen and oxygen atoms in total. The third-order valence-electron chi connectivity index (χ3n) is 1.10. The maximum atomic E-state index is 10.5. The first kappa shape index (κ1) is 9.37. The number of nitrogens with zero attached hydrogens (tertiary/aromatic N) is 3. The summed E-state index contributed by atoms with van der Waals surface area (Å²) < 4.78 is 5.06. The fraction of sp³-hybridized carbons (Fsp3) is 0.429. The Kier molecular flexibility index (Phi) is 2.73. The van der Waals surface area contributed by atoms with Gasteiger partial charge in [0.15, 0.2) is 5.69 Å². The van der Waals surface area contributed by atoms with Crippen LogP contribution in [0.15, 0.2) is 6.20 Å². The summed E-state index contributed by atoms with van der Waals surface area (Å²) >= 11 is 0. The molecule has 1 aromatic rings. The van der Waals surface area contributed by atoms with Crippen LogP contribution in [0.2, 0.25) is 0 Å². The predicted octanol–water partition coefficient (Wildman–Crippen LogP) is 0.357. The number of carbonyl (C=O) groups is 1. The lowest BCUT2D eigenvalue weighted by Gasteiger charge is -2.05. The van der Waals surface area contributed by atoms with Gasteiger partial charge in [0, 0.05) is 0 Å². The second-order valence-electron chi connectivity index (χ2n) is 2.60. The van der Waals surface area contributed by atoms with Gasteiger partial charge in [0.2, 0.25) is 0 Å². The molecular formula is C7H9N3O3. The molecule has 1 rings (SSSR count). The molecule has 0 unspecified atom stereocenters. The van der Waals surface area contributed by atoms with Crippen LogP contribution in [0.25, 0.3) is 0 Å². The van der Waals surface area contributed by atoms with Crippen molar-refractivity contribution >= 4 is 5.97 Å². The molecule has 70 valence electrons. The van der Waals surface area contributed by atoms with Gasteiger partial charge in [-0.2, -0.15) is 10.1 Å². The highest BCUT2D eigenvalue weighted by atomic mass is 16.5. The minimum Gasteiger partial charge on any atom is -0.476 e. The van der Waals surface area contributed by atoms with Crippen LogP contribution in [0.5, 0.6) is 6.01 Å². The van der Waals surface area contributed by atoms with Crippen molar-refractivity contribution in [3.8, 4) is 6.01 Å². The van der Waals surface area contributed by atoms with Gasteiger partial charge >= 0.3 is 12.0 Å². The third-order valence-corrected chi connectivity index (χ3v) is 1.10. The summed E-state index contributed by atoms with van der Waals surface area (Å²) in [5.74, 6) is -1.15. The van der Waals surface area contributed by atoms with Crippen LogP contribution in [0, 0.1) is 0 Å². The van der Waals surface area contributed by atoms with Gasteiger partial charge in [-0.25, -0.2) is 4.79 Å². The minimum absolute atomic E-state index is 0.0186. The molecule has 0 atom stereocenters. The Labute approximate surface area is 74.6 Å². The van der Waals surface area contributed by atoms with Gasteiger partial charge < -0.3 is 9.84 Å². The van der Waals surface area contributed by atoms with Crippen LogP contribution in [0.3, 0.4) is 0 Å². The molecule has 13 heavy (non-hydrogen) atoms. The lowest BCUT2D eigenvalue weighted by Crippen LogP contribution is -2.11. The van der Waals surface area contributed by atoms with E-state index in [-0.39, 0.29) is 17.8 Å². The van der Waals surface area contributed by atoms with Crippen molar-refractivity contribution in [3.63, 3.8) is 0 Å². The second-order valence-corrected chi connectivity index (χ2v) is 2.60. The number of aromatic carboxylic acids is 1. The van der Waals surface area contributed by atoms with E-state index < -0.39 is 5.97 Å². The molecule has 0 amide bonds. The SMILES string of the molecule is CC(C)Oc1nncc(C(=O)O)n1. The van der Waals surface area contributed by atoms with Crippen molar-refractivity contribution in [3.05, 3.63) is 11.9 Å². The summed E-state index contributed by atoms with van der Waals surface area (Å²) in [6.07, 6.45) is 0.959. The Morgan fingerprint density at radius 1 is 1.62 bits per heavy atom. The predicted molar refractivity (Wildman–Crippen MR) is 42.6 cm³/mol. The minimum atomic E-state index is -1.15. The number of carboxylic acid groups (broad SMARTS) is 1. The van der Waals surface area contributed by atoms with Crippen LogP contribution >= 0.6 is 0 Å². The molecule has 1 aromatic heterocycles. The van der Waals surface area contributed by atoms with Gasteiger partial charge in [0.1, 0.15) is 0 Å². The van der Waals surface area contributed by atoms with E-state index in [0.29, 0.717) is 0 Å². The summed E-state index contributed by atoms with van der Waals surface area (Å²) in [5, 5.41) is 15.5. The van der Waals surface area contributed by atoms with E-state index in [1.54, 1.807) is 13.8 Å². The summed E-state index contributed by atoms with van der Waals surface area (Å²) in [6.45, 7) is 3.58. The summed E-state index contributed by atoms with van der Waals surface area (Å²) in [4.78, 5) is 14.1. The van der Waals surface area contributed by atoms with E-state index in [4.69, 9.17) is 9.84 Å². The Morgan fingerprint density at radius 2 is 2.31 bits per heavy atom. The molecule has 0 aliphatic heterocycles. The number of carboxylic acids is 1. The van der Waals surface area contributed by atoms with Crippen molar-refractivity contribution in [2.24, 2.45) is 0 Å². The lowest BCUT2D eigenvalue weighted by molar-refractivity contribution is 0.0686. The number of ether oxygens (including phenoxy) is 1. The normalized spacial score (nSPS) is 10.1. The van der Waals surface area contributed by atoms with Crippen LogP contribution in [0.1, 0.15) is 24.3 Å². The smallest absolute Gasteiger partial charge is 0.356 e. The molecular weight excluding hydrogens is 174 g/mol. The van der Waals surface area contributed by atoms with Crippen LogP contribution in [-0.4, -0.2) is 32.4 Å². The number of hydrogen-bond acceptors (Lipinski definition) is 5. The quantitative estimate of drug-likeness (QED) is 0.728. The molecule has 0 bridgehead atoms. The highest BCUT2D eigenvalue weighted by molar-refractivity contribution is 5.84.